The minimum atomic E-state index is -1.29. The molecule has 9 nitrogen and oxygen atoms in total. The number of carboxylic acids is 1. The number of carbonyl (C=O) groups excluding carboxylic acids is 3. The van der Waals surface area contributed by atoms with E-state index in [4.69, 9.17) is 9.84 Å². The van der Waals surface area contributed by atoms with Crippen LogP contribution in [0.15, 0.2) is 0 Å². The first-order valence-corrected chi connectivity index (χ1v) is 8.73. The Bertz CT molecular complexity index is 554. The van der Waals surface area contributed by atoms with Crippen molar-refractivity contribution in [1.82, 2.24) is 9.80 Å². The van der Waals surface area contributed by atoms with Gasteiger partial charge in [0, 0.05) is 14.1 Å². The summed E-state index contributed by atoms with van der Waals surface area (Å²) in [6.45, 7) is 8.91. The summed E-state index contributed by atoms with van der Waals surface area (Å²) in [6.07, 6.45) is -0.956. The largest absolute Gasteiger partial charge is 0.481 e. The molecule has 0 fully saturated rings. The van der Waals surface area contributed by atoms with Gasteiger partial charge in [-0.1, -0.05) is 13.8 Å². The van der Waals surface area contributed by atoms with Crippen molar-refractivity contribution < 1.29 is 33.8 Å². The van der Waals surface area contributed by atoms with Crippen molar-refractivity contribution in [3.63, 3.8) is 0 Å². The van der Waals surface area contributed by atoms with Gasteiger partial charge in [0.25, 0.3) is 0 Å². The highest BCUT2D eigenvalue weighted by molar-refractivity contribution is 5.91. The number of aliphatic carboxylic acids is 1. The SMILES string of the molecule is COC(=O)[C@@H](CC(=O)O)N(C)C(=O)[C@H](CC(C)C)N(C)C(=O)OC(C)(C)C. The van der Waals surface area contributed by atoms with Gasteiger partial charge in [0.05, 0.1) is 13.5 Å². The van der Waals surface area contributed by atoms with Gasteiger partial charge in [-0.2, -0.15) is 0 Å². The molecule has 0 heterocycles. The molecule has 2 amide bonds. The molecule has 0 aliphatic rings. The van der Waals surface area contributed by atoms with Gasteiger partial charge < -0.3 is 19.5 Å². The van der Waals surface area contributed by atoms with Gasteiger partial charge >= 0.3 is 18.0 Å². The van der Waals surface area contributed by atoms with E-state index in [1.54, 1.807) is 20.8 Å². The van der Waals surface area contributed by atoms with Gasteiger partial charge in [-0.05, 0) is 33.1 Å². The van der Waals surface area contributed by atoms with Crippen LogP contribution in [0.2, 0.25) is 0 Å². The van der Waals surface area contributed by atoms with Crippen molar-refractivity contribution in [3.8, 4) is 0 Å². The Kier molecular flexibility index (Phi) is 9.26. The van der Waals surface area contributed by atoms with Gasteiger partial charge in [-0.15, -0.1) is 0 Å². The lowest BCUT2D eigenvalue weighted by Gasteiger charge is -2.35. The molecule has 27 heavy (non-hydrogen) atoms. The molecule has 0 saturated heterocycles. The van der Waals surface area contributed by atoms with E-state index in [9.17, 15) is 19.2 Å². The lowest BCUT2D eigenvalue weighted by molar-refractivity contribution is -0.157. The molecular weight excluding hydrogens is 356 g/mol. The molecule has 0 aromatic heterocycles. The molecule has 0 rings (SSSR count). The molecule has 0 aliphatic carbocycles. The Balaban J connectivity index is 5.64. The summed E-state index contributed by atoms with van der Waals surface area (Å²) in [5, 5.41) is 9.04. The molecule has 0 spiro atoms. The monoisotopic (exact) mass is 388 g/mol. The summed E-state index contributed by atoms with van der Waals surface area (Å²) in [5.41, 5.74) is -0.736. The summed E-state index contributed by atoms with van der Waals surface area (Å²) in [7, 11) is 3.88. The van der Waals surface area contributed by atoms with Crippen molar-refractivity contribution in [2.45, 2.75) is 65.1 Å². The second-order valence-corrected chi connectivity index (χ2v) is 7.82. The first-order chi connectivity index (χ1) is 12.2. The summed E-state index contributed by atoms with van der Waals surface area (Å²) in [6, 6.07) is -2.20. The summed E-state index contributed by atoms with van der Waals surface area (Å²) in [5.74, 6) is -2.58. The van der Waals surface area contributed by atoms with E-state index < -0.39 is 48.0 Å². The van der Waals surface area contributed by atoms with Crippen molar-refractivity contribution in [1.29, 1.82) is 0 Å². The number of nitrogens with zero attached hydrogens (tertiary/aromatic N) is 2. The van der Waals surface area contributed by atoms with E-state index in [1.165, 1.54) is 19.0 Å². The molecule has 1 N–H and O–H groups in total. The first-order valence-electron chi connectivity index (χ1n) is 8.73. The fourth-order valence-electron chi connectivity index (χ4n) is 2.40. The van der Waals surface area contributed by atoms with E-state index in [0.717, 1.165) is 12.0 Å². The van der Waals surface area contributed by atoms with Crippen LogP contribution in [0.25, 0.3) is 0 Å². The lowest BCUT2D eigenvalue weighted by Crippen LogP contribution is -2.54. The van der Waals surface area contributed by atoms with E-state index in [-0.39, 0.29) is 5.92 Å². The number of ether oxygens (including phenoxy) is 2. The van der Waals surface area contributed by atoms with Crippen LogP contribution >= 0.6 is 0 Å². The van der Waals surface area contributed by atoms with Crippen LogP contribution in [0.4, 0.5) is 4.79 Å². The number of carbonyl (C=O) groups is 4. The molecule has 0 aliphatic heterocycles. The molecule has 0 aromatic carbocycles. The first kappa shape index (κ1) is 24.7. The highest BCUT2D eigenvalue weighted by Crippen LogP contribution is 2.18. The van der Waals surface area contributed by atoms with Crippen molar-refractivity contribution in [3.05, 3.63) is 0 Å². The number of hydrogen-bond donors (Lipinski definition) is 1. The Morgan fingerprint density at radius 2 is 1.52 bits per heavy atom. The standard InChI is InChI=1S/C18H32N2O7/c1-11(2)9-12(20(7)17(25)27-18(3,4)5)15(23)19(6)13(10-14(21)22)16(24)26-8/h11-13H,9-10H2,1-8H3,(H,21,22)/t12-,13+/m0/s1. The lowest BCUT2D eigenvalue weighted by atomic mass is 10.0. The topological polar surface area (TPSA) is 113 Å². The fourth-order valence-corrected chi connectivity index (χ4v) is 2.40. The fraction of sp³-hybridized carbons (Fsp3) is 0.778. The zero-order valence-electron chi connectivity index (χ0n) is 17.4. The normalized spacial score (nSPS) is 13.5. The van der Waals surface area contributed by atoms with Crippen LogP contribution in [0, 0.1) is 5.92 Å². The predicted octanol–water partition coefficient (Wildman–Crippen LogP) is 1.74. The number of likely N-dealkylation sites (N-methyl/N-ethyl adjacent to an activating group) is 2. The van der Waals surface area contributed by atoms with Gasteiger partial charge in [0.2, 0.25) is 5.91 Å². The molecule has 0 radical (unpaired) electrons. The minimum absolute atomic E-state index is 0.0632. The number of methoxy groups -OCH3 is 1. The van der Waals surface area contributed by atoms with Crippen LogP contribution in [0.5, 0.6) is 0 Å². The second kappa shape index (κ2) is 10.1. The van der Waals surface area contributed by atoms with E-state index >= 15 is 0 Å². The van der Waals surface area contributed by atoms with Gasteiger partial charge in [0.1, 0.15) is 17.7 Å². The third kappa shape index (κ3) is 8.27. The Morgan fingerprint density at radius 1 is 1.00 bits per heavy atom. The van der Waals surface area contributed by atoms with Crippen LogP contribution in [0.1, 0.15) is 47.5 Å². The van der Waals surface area contributed by atoms with E-state index in [0.29, 0.717) is 6.42 Å². The summed E-state index contributed by atoms with van der Waals surface area (Å²) >= 11 is 0. The molecule has 156 valence electrons. The van der Waals surface area contributed by atoms with E-state index in [2.05, 4.69) is 4.74 Å². The summed E-state index contributed by atoms with van der Waals surface area (Å²) in [4.78, 5) is 50.6. The third-order valence-electron chi connectivity index (χ3n) is 3.79. The predicted molar refractivity (Wildman–Crippen MR) is 98.1 cm³/mol. The van der Waals surface area contributed by atoms with Crippen LogP contribution in [0.3, 0.4) is 0 Å². The van der Waals surface area contributed by atoms with Gasteiger partial charge in [0.15, 0.2) is 0 Å². The quantitative estimate of drug-likeness (QED) is 0.630. The van der Waals surface area contributed by atoms with Crippen molar-refractivity contribution >= 4 is 23.9 Å². The maximum atomic E-state index is 13.0. The average molecular weight is 388 g/mol. The Hall–Kier alpha value is -2.32. The van der Waals surface area contributed by atoms with Crippen molar-refractivity contribution in [2.24, 2.45) is 5.92 Å². The average Bonchev–Trinajstić information content (AvgIpc) is 2.52. The Morgan fingerprint density at radius 3 is 1.89 bits per heavy atom. The number of esters is 1. The van der Waals surface area contributed by atoms with Crippen LogP contribution in [-0.2, 0) is 23.9 Å². The summed E-state index contributed by atoms with van der Waals surface area (Å²) < 4.78 is 9.93. The highest BCUT2D eigenvalue weighted by Gasteiger charge is 2.37. The van der Waals surface area contributed by atoms with Gasteiger partial charge in [-0.25, -0.2) is 9.59 Å². The van der Waals surface area contributed by atoms with E-state index in [1.807, 2.05) is 13.8 Å². The molecule has 2 atom stereocenters. The molecule has 0 bridgehead atoms. The highest BCUT2D eigenvalue weighted by atomic mass is 16.6. The molecule has 9 heteroatoms. The minimum Gasteiger partial charge on any atom is -0.481 e. The van der Waals surface area contributed by atoms with Crippen molar-refractivity contribution in [2.75, 3.05) is 21.2 Å². The number of amides is 2. The maximum absolute atomic E-state index is 13.0. The number of rotatable bonds is 8. The molecular formula is C18H32N2O7. The maximum Gasteiger partial charge on any atom is 0.410 e. The number of hydrogen-bond acceptors (Lipinski definition) is 6. The second-order valence-electron chi connectivity index (χ2n) is 7.82. The zero-order chi connectivity index (χ0) is 21.5. The molecule has 0 unspecified atom stereocenters. The van der Waals surface area contributed by atoms with Gasteiger partial charge in [-0.3, -0.25) is 14.5 Å². The smallest absolute Gasteiger partial charge is 0.410 e. The van der Waals surface area contributed by atoms with Crippen LogP contribution in [-0.4, -0.2) is 77.7 Å². The zero-order valence-corrected chi connectivity index (χ0v) is 17.4. The number of carboxylic acid groups (broad SMARTS) is 1. The Labute approximate surface area is 160 Å². The van der Waals surface area contributed by atoms with Crippen LogP contribution < -0.4 is 0 Å². The third-order valence-corrected chi connectivity index (χ3v) is 3.79. The molecule has 0 saturated carbocycles. The molecule has 0 aromatic rings.